The number of carbonyl (C=O) groups excluding carboxylic acids is 2. The normalized spacial score (nSPS) is 14.4. The second-order valence-corrected chi connectivity index (χ2v) is 7.35. The first-order chi connectivity index (χ1) is 12.2. The van der Waals surface area contributed by atoms with Crippen LogP contribution in [0.3, 0.4) is 0 Å². The van der Waals surface area contributed by atoms with Crippen LogP contribution in [0.1, 0.15) is 57.9 Å². The average molecular weight is 357 g/mol. The molecule has 3 rings (SSSR count). The van der Waals surface area contributed by atoms with Gasteiger partial charge in [0.1, 0.15) is 0 Å². The van der Waals surface area contributed by atoms with Crippen LogP contribution in [-0.2, 0) is 22.4 Å². The van der Waals surface area contributed by atoms with Gasteiger partial charge in [0.2, 0.25) is 0 Å². The van der Waals surface area contributed by atoms with E-state index in [9.17, 15) is 9.59 Å². The first-order valence-corrected chi connectivity index (χ1v) is 9.62. The smallest absolute Gasteiger partial charge is 0.308 e. The Morgan fingerprint density at radius 3 is 2.68 bits per heavy atom. The average Bonchev–Trinajstić information content (AvgIpc) is 3.06. The summed E-state index contributed by atoms with van der Waals surface area (Å²) in [6, 6.07) is 11.2. The summed E-state index contributed by atoms with van der Waals surface area (Å²) < 4.78 is 5.06. The highest BCUT2D eigenvalue weighted by molar-refractivity contribution is 7.14. The number of fused-ring (bicyclic) bond motifs is 1. The van der Waals surface area contributed by atoms with Gasteiger partial charge in [0.05, 0.1) is 23.9 Å². The van der Waals surface area contributed by atoms with Crippen molar-refractivity contribution >= 4 is 23.2 Å². The predicted molar refractivity (Wildman–Crippen MR) is 98.9 cm³/mol. The molecule has 0 fully saturated rings. The Morgan fingerprint density at radius 2 is 1.96 bits per heavy atom. The van der Waals surface area contributed by atoms with Crippen molar-refractivity contribution < 1.29 is 14.3 Å². The molecule has 25 heavy (non-hydrogen) atoms. The fourth-order valence-electron chi connectivity index (χ4n) is 3.16. The van der Waals surface area contributed by atoms with E-state index < -0.39 is 0 Å². The molecule has 1 N–H and O–H groups in total. The van der Waals surface area contributed by atoms with Crippen LogP contribution in [-0.4, -0.2) is 18.5 Å². The monoisotopic (exact) mass is 357 g/mol. The molecule has 1 atom stereocenters. The Morgan fingerprint density at radius 1 is 1.20 bits per heavy atom. The lowest BCUT2D eigenvalue weighted by Gasteiger charge is -2.18. The summed E-state index contributed by atoms with van der Waals surface area (Å²) in [5.74, 6) is -0.417. The third kappa shape index (κ3) is 4.48. The number of ether oxygens (including phenoxy) is 1. The van der Waals surface area contributed by atoms with Crippen molar-refractivity contribution in [2.45, 2.75) is 45.1 Å². The first-order valence-electron chi connectivity index (χ1n) is 8.80. The fourth-order valence-corrected chi connectivity index (χ4v) is 4.31. The summed E-state index contributed by atoms with van der Waals surface area (Å²) in [4.78, 5) is 26.7. The number of amides is 1. The van der Waals surface area contributed by atoms with E-state index in [1.807, 2.05) is 36.4 Å². The van der Waals surface area contributed by atoms with E-state index in [1.54, 1.807) is 18.3 Å². The third-order valence-electron chi connectivity index (χ3n) is 4.40. The highest BCUT2D eigenvalue weighted by atomic mass is 32.1. The zero-order chi connectivity index (χ0) is 17.6. The van der Waals surface area contributed by atoms with Gasteiger partial charge in [0.25, 0.3) is 5.91 Å². The van der Waals surface area contributed by atoms with E-state index in [0.29, 0.717) is 6.61 Å². The Labute approximate surface area is 152 Å². The van der Waals surface area contributed by atoms with E-state index in [1.165, 1.54) is 23.3 Å². The summed E-state index contributed by atoms with van der Waals surface area (Å²) >= 11 is 1.58. The molecule has 0 spiro atoms. The molecule has 1 aliphatic rings. The third-order valence-corrected chi connectivity index (χ3v) is 5.64. The lowest BCUT2D eigenvalue weighted by Crippen LogP contribution is -2.30. The quantitative estimate of drug-likeness (QED) is 0.794. The number of carbonyl (C=O) groups is 2. The standard InChI is InChI=1S/C20H23NO3S/c1-2-24-19(22)13-16(14-8-4-3-5-9-14)21-20(23)18-12-15-10-6-7-11-17(15)25-18/h3-5,8-9,12,16H,2,6-7,10-11,13H2,1H3,(H,21,23). The van der Waals surface area contributed by atoms with Gasteiger partial charge >= 0.3 is 5.97 Å². The minimum atomic E-state index is -0.383. The van der Waals surface area contributed by atoms with Gasteiger partial charge in [-0.1, -0.05) is 30.3 Å². The number of hydrogen-bond donors (Lipinski definition) is 1. The van der Waals surface area contributed by atoms with E-state index >= 15 is 0 Å². The molecular formula is C20H23NO3S. The Bertz CT molecular complexity index is 715. The molecule has 0 bridgehead atoms. The van der Waals surface area contributed by atoms with E-state index in [0.717, 1.165) is 23.3 Å². The molecule has 0 saturated carbocycles. The Hall–Kier alpha value is -2.14. The number of esters is 1. The van der Waals surface area contributed by atoms with Crippen molar-refractivity contribution in [1.29, 1.82) is 0 Å². The number of benzene rings is 1. The molecular weight excluding hydrogens is 334 g/mol. The number of nitrogens with one attached hydrogen (secondary N) is 1. The van der Waals surface area contributed by atoms with Crippen molar-refractivity contribution in [2.75, 3.05) is 6.61 Å². The van der Waals surface area contributed by atoms with Crippen LogP contribution >= 0.6 is 11.3 Å². The van der Waals surface area contributed by atoms with Crippen LogP contribution < -0.4 is 5.32 Å². The molecule has 0 saturated heterocycles. The zero-order valence-electron chi connectivity index (χ0n) is 14.4. The molecule has 1 aromatic carbocycles. The molecule has 0 radical (unpaired) electrons. The molecule has 1 unspecified atom stereocenters. The topological polar surface area (TPSA) is 55.4 Å². The molecule has 0 aliphatic heterocycles. The van der Waals surface area contributed by atoms with Crippen molar-refractivity contribution in [1.82, 2.24) is 5.32 Å². The van der Waals surface area contributed by atoms with E-state index in [4.69, 9.17) is 4.74 Å². The maximum atomic E-state index is 12.7. The van der Waals surface area contributed by atoms with Crippen LogP contribution in [0.5, 0.6) is 0 Å². The van der Waals surface area contributed by atoms with Crippen molar-refractivity contribution in [3.8, 4) is 0 Å². The molecule has 4 nitrogen and oxygen atoms in total. The van der Waals surface area contributed by atoms with Gasteiger partial charge in [-0.2, -0.15) is 0 Å². The highest BCUT2D eigenvalue weighted by Gasteiger charge is 2.22. The summed E-state index contributed by atoms with van der Waals surface area (Å²) in [6.45, 7) is 2.12. The van der Waals surface area contributed by atoms with Crippen LogP contribution in [0, 0.1) is 0 Å². The van der Waals surface area contributed by atoms with Crippen molar-refractivity contribution in [3.05, 3.63) is 57.3 Å². The van der Waals surface area contributed by atoms with Gasteiger partial charge in [-0.25, -0.2) is 0 Å². The van der Waals surface area contributed by atoms with Gasteiger partial charge in [-0.05, 0) is 49.8 Å². The Kier molecular flexibility index (Phi) is 5.87. The number of hydrogen-bond acceptors (Lipinski definition) is 4. The van der Waals surface area contributed by atoms with Crippen molar-refractivity contribution in [2.24, 2.45) is 0 Å². The molecule has 2 aromatic rings. The summed E-state index contributed by atoms with van der Waals surface area (Å²) in [6.07, 6.45) is 4.65. The van der Waals surface area contributed by atoms with Gasteiger partial charge in [0.15, 0.2) is 0 Å². The first kappa shape index (κ1) is 17.7. The molecule has 132 valence electrons. The highest BCUT2D eigenvalue weighted by Crippen LogP contribution is 2.30. The maximum absolute atomic E-state index is 12.7. The SMILES string of the molecule is CCOC(=O)CC(NC(=O)c1cc2c(s1)CCCC2)c1ccccc1. The Balaban J connectivity index is 1.75. The largest absolute Gasteiger partial charge is 0.466 e. The minimum absolute atomic E-state index is 0.113. The van der Waals surface area contributed by atoms with Crippen LogP contribution in [0.15, 0.2) is 36.4 Å². The summed E-state index contributed by atoms with van der Waals surface area (Å²) in [5, 5.41) is 3.02. The lowest BCUT2D eigenvalue weighted by atomic mass is 9.99. The van der Waals surface area contributed by atoms with Gasteiger partial charge in [0, 0.05) is 4.88 Å². The molecule has 1 aromatic heterocycles. The van der Waals surface area contributed by atoms with Gasteiger partial charge in [-0.3, -0.25) is 9.59 Å². The second kappa shape index (κ2) is 8.30. The van der Waals surface area contributed by atoms with Crippen molar-refractivity contribution in [3.63, 3.8) is 0 Å². The minimum Gasteiger partial charge on any atom is -0.466 e. The van der Waals surface area contributed by atoms with Gasteiger partial charge < -0.3 is 10.1 Å². The van der Waals surface area contributed by atoms with E-state index in [-0.39, 0.29) is 24.3 Å². The number of rotatable bonds is 6. The van der Waals surface area contributed by atoms with E-state index in [2.05, 4.69) is 5.32 Å². The summed E-state index contributed by atoms with van der Waals surface area (Å²) in [5.41, 5.74) is 2.22. The number of aryl methyl sites for hydroxylation is 2. The van der Waals surface area contributed by atoms with Gasteiger partial charge in [-0.15, -0.1) is 11.3 Å². The zero-order valence-corrected chi connectivity index (χ0v) is 15.2. The second-order valence-electron chi connectivity index (χ2n) is 6.21. The molecule has 1 aliphatic carbocycles. The molecule has 1 amide bonds. The molecule has 1 heterocycles. The van der Waals surface area contributed by atoms with Crippen LogP contribution in [0.25, 0.3) is 0 Å². The van der Waals surface area contributed by atoms with Crippen LogP contribution in [0.2, 0.25) is 0 Å². The summed E-state index contributed by atoms with van der Waals surface area (Å²) in [7, 11) is 0. The van der Waals surface area contributed by atoms with Crippen LogP contribution in [0.4, 0.5) is 0 Å². The molecule has 5 heteroatoms. The lowest BCUT2D eigenvalue weighted by molar-refractivity contribution is -0.143. The predicted octanol–water partition coefficient (Wildman–Crippen LogP) is 4.05. The number of thiophene rings is 1. The fraction of sp³-hybridized carbons (Fsp3) is 0.400. The maximum Gasteiger partial charge on any atom is 0.308 e.